The van der Waals surface area contributed by atoms with Crippen molar-refractivity contribution in [3.05, 3.63) is 71.4 Å². The van der Waals surface area contributed by atoms with Crippen molar-refractivity contribution in [3.8, 4) is 5.75 Å². The summed E-state index contributed by atoms with van der Waals surface area (Å²) in [6.07, 6.45) is 2.27. The summed E-state index contributed by atoms with van der Waals surface area (Å²) in [5.41, 5.74) is 0.927. The molecule has 0 radical (unpaired) electrons. The second kappa shape index (κ2) is 6.70. The number of benzene rings is 2. The standard InChI is InChI=1S/C22H16N2O5/c25-20-14-5-1-2-6-15(14)21(26)24(20)29-22(27)18-11-19(28-12-13-9-10-13)16-7-3-4-8-17(16)23-18/h1-8,11,13H,9-10,12H2. The minimum absolute atomic E-state index is 0.0361. The Morgan fingerprint density at radius 2 is 1.66 bits per heavy atom. The Kier molecular flexibility index (Phi) is 4.01. The van der Waals surface area contributed by atoms with Gasteiger partial charge in [0.1, 0.15) is 5.75 Å². The zero-order valence-corrected chi connectivity index (χ0v) is 15.3. The molecule has 0 saturated heterocycles. The number of para-hydroxylation sites is 1. The number of nitrogens with zero attached hydrogens (tertiary/aromatic N) is 2. The molecule has 0 spiro atoms. The summed E-state index contributed by atoms with van der Waals surface area (Å²) in [5.74, 6) is -1.19. The van der Waals surface area contributed by atoms with Gasteiger partial charge in [0.15, 0.2) is 5.69 Å². The fraction of sp³-hybridized carbons (Fsp3) is 0.182. The van der Waals surface area contributed by atoms with Crippen LogP contribution in [0.2, 0.25) is 0 Å². The highest BCUT2D eigenvalue weighted by Gasteiger charge is 2.39. The second-order valence-electron chi connectivity index (χ2n) is 7.11. The Morgan fingerprint density at radius 3 is 2.34 bits per heavy atom. The average molecular weight is 388 g/mol. The van der Waals surface area contributed by atoms with Gasteiger partial charge < -0.3 is 9.57 Å². The lowest BCUT2D eigenvalue weighted by Gasteiger charge is -2.14. The van der Waals surface area contributed by atoms with E-state index in [0.717, 1.165) is 18.2 Å². The monoisotopic (exact) mass is 388 g/mol. The van der Waals surface area contributed by atoms with Gasteiger partial charge in [0.2, 0.25) is 0 Å². The maximum absolute atomic E-state index is 12.7. The minimum atomic E-state index is -0.901. The van der Waals surface area contributed by atoms with Crippen LogP contribution in [0.25, 0.3) is 10.9 Å². The van der Waals surface area contributed by atoms with Crippen LogP contribution < -0.4 is 4.74 Å². The molecule has 1 aliphatic heterocycles. The lowest BCUT2D eigenvalue weighted by atomic mass is 10.1. The van der Waals surface area contributed by atoms with Gasteiger partial charge in [0, 0.05) is 11.5 Å². The summed E-state index contributed by atoms with van der Waals surface area (Å²) in [6, 6.07) is 15.1. The van der Waals surface area contributed by atoms with Crippen LogP contribution >= 0.6 is 0 Å². The van der Waals surface area contributed by atoms with Gasteiger partial charge in [0.05, 0.1) is 23.3 Å². The first-order valence-corrected chi connectivity index (χ1v) is 9.34. The Balaban J connectivity index is 1.44. The molecule has 0 atom stereocenters. The van der Waals surface area contributed by atoms with Crippen LogP contribution in [0.1, 0.15) is 44.0 Å². The van der Waals surface area contributed by atoms with Gasteiger partial charge in [-0.3, -0.25) is 9.59 Å². The molecule has 3 aromatic rings. The van der Waals surface area contributed by atoms with Gasteiger partial charge in [-0.15, -0.1) is 0 Å². The predicted octanol–water partition coefficient (Wildman–Crippen LogP) is 3.39. The molecule has 144 valence electrons. The van der Waals surface area contributed by atoms with E-state index in [-0.39, 0.29) is 16.8 Å². The van der Waals surface area contributed by atoms with Crippen LogP contribution in [0.4, 0.5) is 0 Å². The quantitative estimate of drug-likeness (QED) is 0.623. The van der Waals surface area contributed by atoms with E-state index in [4.69, 9.17) is 9.57 Å². The normalized spacial score (nSPS) is 15.5. The molecule has 0 N–H and O–H groups in total. The summed E-state index contributed by atoms with van der Waals surface area (Å²) in [5, 5.41) is 1.26. The molecule has 7 nitrogen and oxygen atoms in total. The highest BCUT2D eigenvalue weighted by atomic mass is 16.7. The average Bonchev–Trinajstić information content (AvgIpc) is 3.55. The van der Waals surface area contributed by atoms with Crippen molar-refractivity contribution in [1.82, 2.24) is 10.0 Å². The van der Waals surface area contributed by atoms with Gasteiger partial charge in [-0.2, -0.15) is 0 Å². The van der Waals surface area contributed by atoms with Gasteiger partial charge in [-0.05, 0) is 43.0 Å². The molecular formula is C22H16N2O5. The lowest BCUT2D eigenvalue weighted by Crippen LogP contribution is -2.33. The number of aromatic nitrogens is 1. The largest absolute Gasteiger partial charge is 0.493 e. The van der Waals surface area contributed by atoms with Crippen molar-refractivity contribution in [2.75, 3.05) is 6.61 Å². The maximum Gasteiger partial charge on any atom is 0.382 e. The number of rotatable bonds is 5. The van der Waals surface area contributed by atoms with Crippen LogP contribution in [0, 0.1) is 5.92 Å². The van der Waals surface area contributed by atoms with Crippen molar-refractivity contribution in [2.24, 2.45) is 5.92 Å². The molecular weight excluding hydrogens is 372 g/mol. The highest BCUT2D eigenvalue weighted by molar-refractivity contribution is 6.21. The lowest BCUT2D eigenvalue weighted by molar-refractivity contribution is -0.0588. The number of pyridine rings is 1. The first-order chi connectivity index (χ1) is 14.1. The Hall–Kier alpha value is -3.74. The Labute approximate surface area is 165 Å². The van der Waals surface area contributed by atoms with E-state index >= 15 is 0 Å². The minimum Gasteiger partial charge on any atom is -0.493 e. The number of ether oxygens (including phenoxy) is 1. The molecule has 7 heteroatoms. The van der Waals surface area contributed by atoms with E-state index in [1.807, 2.05) is 12.1 Å². The van der Waals surface area contributed by atoms with Gasteiger partial charge in [-0.1, -0.05) is 29.3 Å². The van der Waals surface area contributed by atoms with E-state index < -0.39 is 17.8 Å². The number of hydroxylamine groups is 2. The molecule has 2 aromatic carbocycles. The van der Waals surface area contributed by atoms with Crippen molar-refractivity contribution in [3.63, 3.8) is 0 Å². The molecule has 1 aromatic heterocycles. The molecule has 29 heavy (non-hydrogen) atoms. The molecule has 1 fully saturated rings. The van der Waals surface area contributed by atoms with Crippen molar-refractivity contribution in [2.45, 2.75) is 12.8 Å². The van der Waals surface area contributed by atoms with E-state index in [1.54, 1.807) is 24.3 Å². The van der Waals surface area contributed by atoms with Gasteiger partial charge in [-0.25, -0.2) is 9.78 Å². The summed E-state index contributed by atoms with van der Waals surface area (Å²) < 4.78 is 5.90. The van der Waals surface area contributed by atoms with Crippen LogP contribution in [0.15, 0.2) is 54.6 Å². The van der Waals surface area contributed by atoms with Crippen molar-refractivity contribution < 1.29 is 24.0 Å². The number of hydrogen-bond acceptors (Lipinski definition) is 6. The van der Waals surface area contributed by atoms with E-state index in [0.29, 0.717) is 28.9 Å². The number of fused-ring (bicyclic) bond motifs is 2. The van der Waals surface area contributed by atoms with Crippen molar-refractivity contribution >= 4 is 28.7 Å². The van der Waals surface area contributed by atoms with Crippen LogP contribution in [0.3, 0.4) is 0 Å². The topological polar surface area (TPSA) is 85.8 Å². The first kappa shape index (κ1) is 17.4. The Morgan fingerprint density at radius 1 is 1.00 bits per heavy atom. The zero-order valence-electron chi connectivity index (χ0n) is 15.3. The van der Waals surface area contributed by atoms with E-state index in [2.05, 4.69) is 4.98 Å². The van der Waals surface area contributed by atoms with Crippen LogP contribution in [-0.2, 0) is 4.84 Å². The SMILES string of the molecule is O=C(ON1C(=O)c2ccccc2C1=O)c1cc(OCC2CC2)c2ccccc2n1. The molecule has 2 heterocycles. The predicted molar refractivity (Wildman–Crippen MR) is 102 cm³/mol. The molecule has 2 amide bonds. The fourth-order valence-corrected chi connectivity index (χ4v) is 3.24. The van der Waals surface area contributed by atoms with Crippen molar-refractivity contribution in [1.29, 1.82) is 0 Å². The molecule has 5 rings (SSSR count). The number of hydrogen-bond donors (Lipinski definition) is 0. The summed E-state index contributed by atoms with van der Waals surface area (Å²) in [7, 11) is 0. The maximum atomic E-state index is 12.7. The number of carbonyl (C=O) groups excluding carboxylic acids is 3. The fourth-order valence-electron chi connectivity index (χ4n) is 3.24. The van der Waals surface area contributed by atoms with E-state index in [9.17, 15) is 14.4 Å². The number of carbonyl (C=O) groups is 3. The zero-order chi connectivity index (χ0) is 20.0. The summed E-state index contributed by atoms with van der Waals surface area (Å²) in [4.78, 5) is 47.0. The third-order valence-electron chi connectivity index (χ3n) is 4.99. The molecule has 1 aliphatic carbocycles. The van der Waals surface area contributed by atoms with Gasteiger partial charge >= 0.3 is 5.97 Å². The highest BCUT2D eigenvalue weighted by Crippen LogP contribution is 2.32. The molecule has 1 saturated carbocycles. The summed E-state index contributed by atoms with van der Waals surface area (Å²) in [6.45, 7) is 0.570. The van der Waals surface area contributed by atoms with Gasteiger partial charge in [0.25, 0.3) is 11.8 Å². The Bertz CT molecular complexity index is 1130. The third-order valence-corrected chi connectivity index (χ3v) is 4.99. The van der Waals surface area contributed by atoms with Crippen LogP contribution in [0.5, 0.6) is 5.75 Å². The second-order valence-corrected chi connectivity index (χ2v) is 7.11. The molecule has 0 unspecified atom stereocenters. The molecule has 2 aliphatic rings. The smallest absolute Gasteiger partial charge is 0.382 e. The number of imide groups is 1. The third kappa shape index (κ3) is 3.10. The molecule has 0 bridgehead atoms. The van der Waals surface area contributed by atoms with E-state index in [1.165, 1.54) is 18.2 Å². The number of amides is 2. The summed E-state index contributed by atoms with van der Waals surface area (Å²) >= 11 is 0. The van der Waals surface area contributed by atoms with Crippen LogP contribution in [-0.4, -0.2) is 34.4 Å². The first-order valence-electron chi connectivity index (χ1n) is 9.34.